The number of aliphatic hydroxyl groups is 1. The average molecular weight is 495 g/mol. The quantitative estimate of drug-likeness (QED) is 0.264. The largest absolute Gasteiger partial charge is 0.507 e. The Kier molecular flexibility index (Phi) is 6.89. The number of ether oxygens (including phenoxy) is 1. The van der Waals surface area contributed by atoms with Crippen LogP contribution in [0.15, 0.2) is 66.5 Å². The van der Waals surface area contributed by atoms with Crippen molar-refractivity contribution in [2.75, 3.05) is 11.5 Å². The lowest BCUT2D eigenvalue weighted by Crippen LogP contribution is -2.29. The number of carbonyl (C=O) groups excluding carboxylic acids is 2. The average Bonchev–Trinajstić information content (AvgIpc) is 3.10. The molecule has 1 unspecified atom stereocenters. The number of benzene rings is 2. The number of amides is 1. The molecule has 1 saturated heterocycles. The van der Waals surface area contributed by atoms with Gasteiger partial charge in [-0.1, -0.05) is 25.4 Å². The molecule has 1 amide bonds. The highest BCUT2D eigenvalue weighted by atomic mass is 35.5. The Morgan fingerprint density at radius 3 is 2.49 bits per heavy atom. The van der Waals surface area contributed by atoms with Gasteiger partial charge < -0.3 is 9.84 Å². The van der Waals surface area contributed by atoms with Crippen LogP contribution in [0.3, 0.4) is 0 Å². The molecule has 1 aliphatic heterocycles. The molecular formula is C27H24ClFN2O4. The number of aryl methyl sites for hydroxylation is 1. The van der Waals surface area contributed by atoms with Gasteiger partial charge in [-0.3, -0.25) is 19.5 Å². The molecule has 1 aliphatic rings. The summed E-state index contributed by atoms with van der Waals surface area (Å²) < 4.78 is 19.6. The zero-order valence-corrected chi connectivity index (χ0v) is 20.2. The minimum atomic E-state index is -0.961. The van der Waals surface area contributed by atoms with Gasteiger partial charge in [-0.05, 0) is 72.5 Å². The van der Waals surface area contributed by atoms with Crippen molar-refractivity contribution in [2.24, 2.45) is 5.92 Å². The van der Waals surface area contributed by atoms with Crippen LogP contribution in [-0.4, -0.2) is 28.4 Å². The fraction of sp³-hybridized carbons (Fsp3) is 0.222. The number of rotatable bonds is 6. The Morgan fingerprint density at radius 2 is 1.86 bits per heavy atom. The Morgan fingerprint density at radius 1 is 1.14 bits per heavy atom. The molecule has 1 N–H and O–H groups in total. The molecule has 1 atom stereocenters. The summed E-state index contributed by atoms with van der Waals surface area (Å²) in [7, 11) is 0. The molecule has 0 aliphatic carbocycles. The van der Waals surface area contributed by atoms with Crippen molar-refractivity contribution in [3.05, 3.63) is 94.0 Å². The second-order valence-electron chi connectivity index (χ2n) is 8.73. The van der Waals surface area contributed by atoms with Crippen molar-refractivity contribution in [3.8, 4) is 5.75 Å². The normalized spacial score (nSPS) is 17.3. The van der Waals surface area contributed by atoms with Gasteiger partial charge in [0.2, 0.25) is 0 Å². The zero-order valence-electron chi connectivity index (χ0n) is 19.5. The first kappa shape index (κ1) is 24.4. The number of Topliss-reactive ketones (excluding diaryl/α,β-unsaturated/α-hetero) is 1. The number of hydrogen-bond donors (Lipinski definition) is 1. The minimum absolute atomic E-state index is 0.0862. The zero-order chi connectivity index (χ0) is 25.3. The van der Waals surface area contributed by atoms with Crippen molar-refractivity contribution >= 4 is 34.7 Å². The summed E-state index contributed by atoms with van der Waals surface area (Å²) in [6.07, 6.45) is 3.05. The van der Waals surface area contributed by atoms with Crippen LogP contribution >= 0.6 is 11.6 Å². The van der Waals surface area contributed by atoms with E-state index in [1.807, 2.05) is 20.8 Å². The van der Waals surface area contributed by atoms with Crippen LogP contribution in [0, 0.1) is 18.7 Å². The molecule has 180 valence electrons. The summed E-state index contributed by atoms with van der Waals surface area (Å²) in [5.41, 5.74) is 1.84. The van der Waals surface area contributed by atoms with Gasteiger partial charge in [-0.25, -0.2) is 4.39 Å². The van der Waals surface area contributed by atoms with Crippen LogP contribution in [-0.2, 0) is 9.59 Å². The maximum atomic E-state index is 13.8. The Balaban J connectivity index is 1.84. The van der Waals surface area contributed by atoms with Crippen LogP contribution in [0.5, 0.6) is 5.75 Å². The number of nitrogens with zero attached hydrogens (tertiary/aromatic N) is 2. The standard InChI is InChI=1S/C27H24ClFN2O4/c1-15(2)14-35-22-7-4-18(12-16(22)3)25(32)23-24(17-8-10-30-11-9-17)31(27(34)26(23)33)19-5-6-21(29)20(28)13-19/h4-13,15,24,32H,14H2,1-3H3/b25-23+. The molecule has 8 heteroatoms. The number of carbonyl (C=O) groups is 2. The molecule has 2 heterocycles. The maximum absolute atomic E-state index is 13.8. The van der Waals surface area contributed by atoms with Crippen molar-refractivity contribution in [2.45, 2.75) is 26.8 Å². The second kappa shape index (κ2) is 9.88. The second-order valence-corrected chi connectivity index (χ2v) is 9.14. The van der Waals surface area contributed by atoms with Crippen LogP contribution in [0.1, 0.15) is 36.6 Å². The highest BCUT2D eigenvalue weighted by molar-refractivity contribution is 6.51. The minimum Gasteiger partial charge on any atom is -0.507 e. The molecule has 35 heavy (non-hydrogen) atoms. The van der Waals surface area contributed by atoms with Crippen LogP contribution in [0.4, 0.5) is 10.1 Å². The number of aromatic nitrogens is 1. The van der Waals surface area contributed by atoms with Crippen molar-refractivity contribution in [1.82, 2.24) is 4.98 Å². The van der Waals surface area contributed by atoms with Crippen LogP contribution < -0.4 is 9.64 Å². The van der Waals surface area contributed by atoms with Crippen molar-refractivity contribution < 1.29 is 23.8 Å². The van der Waals surface area contributed by atoms with Crippen LogP contribution in [0.2, 0.25) is 5.02 Å². The molecule has 2 aromatic carbocycles. The third kappa shape index (κ3) is 4.77. The van der Waals surface area contributed by atoms with E-state index in [1.54, 1.807) is 30.3 Å². The predicted molar refractivity (Wildman–Crippen MR) is 132 cm³/mol. The summed E-state index contributed by atoms with van der Waals surface area (Å²) in [6, 6.07) is 11.2. The van der Waals surface area contributed by atoms with E-state index < -0.39 is 23.5 Å². The van der Waals surface area contributed by atoms with Gasteiger partial charge in [0.1, 0.15) is 17.3 Å². The van der Waals surface area contributed by atoms with Gasteiger partial charge >= 0.3 is 0 Å². The number of ketones is 1. The third-order valence-corrected chi connectivity index (χ3v) is 5.96. The van der Waals surface area contributed by atoms with E-state index in [9.17, 15) is 19.1 Å². The maximum Gasteiger partial charge on any atom is 0.300 e. The van der Waals surface area contributed by atoms with Gasteiger partial charge in [0.05, 0.1) is 23.2 Å². The molecule has 0 saturated carbocycles. The van der Waals surface area contributed by atoms with E-state index in [4.69, 9.17) is 16.3 Å². The lowest BCUT2D eigenvalue weighted by molar-refractivity contribution is -0.132. The van der Waals surface area contributed by atoms with Crippen LogP contribution in [0.25, 0.3) is 5.76 Å². The van der Waals surface area contributed by atoms with Gasteiger partial charge in [-0.2, -0.15) is 0 Å². The van der Waals surface area contributed by atoms with Crippen molar-refractivity contribution in [3.63, 3.8) is 0 Å². The predicted octanol–water partition coefficient (Wildman–Crippen LogP) is 5.84. The number of hydrogen-bond acceptors (Lipinski definition) is 5. The van der Waals surface area contributed by atoms with Crippen molar-refractivity contribution in [1.29, 1.82) is 0 Å². The summed E-state index contributed by atoms with van der Waals surface area (Å²) >= 11 is 5.96. The van der Waals surface area contributed by atoms with E-state index in [1.165, 1.54) is 29.4 Å². The first-order chi connectivity index (χ1) is 16.7. The Bertz CT molecular complexity index is 1320. The van der Waals surface area contributed by atoms with E-state index in [0.717, 1.165) is 11.6 Å². The molecule has 1 fully saturated rings. The fourth-order valence-electron chi connectivity index (χ4n) is 3.97. The number of pyridine rings is 1. The van der Waals surface area contributed by atoms with E-state index in [2.05, 4.69) is 4.98 Å². The Hall–Kier alpha value is -3.71. The molecule has 0 bridgehead atoms. The molecule has 4 rings (SSSR count). The first-order valence-electron chi connectivity index (χ1n) is 11.1. The number of aliphatic hydroxyl groups excluding tert-OH is 1. The monoisotopic (exact) mass is 494 g/mol. The highest BCUT2D eigenvalue weighted by Crippen LogP contribution is 2.43. The molecule has 1 aromatic heterocycles. The van der Waals surface area contributed by atoms with E-state index >= 15 is 0 Å². The molecule has 0 spiro atoms. The lowest BCUT2D eigenvalue weighted by Gasteiger charge is -2.25. The number of halogens is 2. The Labute approximate surface area is 207 Å². The molecule has 3 aromatic rings. The van der Waals surface area contributed by atoms with Gasteiger partial charge in [0, 0.05) is 23.6 Å². The topological polar surface area (TPSA) is 79.7 Å². The smallest absolute Gasteiger partial charge is 0.300 e. The third-order valence-electron chi connectivity index (χ3n) is 5.67. The van der Waals surface area contributed by atoms with Gasteiger partial charge in [-0.15, -0.1) is 0 Å². The highest BCUT2D eigenvalue weighted by Gasteiger charge is 2.47. The summed E-state index contributed by atoms with van der Waals surface area (Å²) in [5.74, 6) is -1.67. The lowest BCUT2D eigenvalue weighted by atomic mass is 9.95. The number of anilines is 1. The molecule has 6 nitrogen and oxygen atoms in total. The summed E-state index contributed by atoms with van der Waals surface area (Å²) in [5, 5.41) is 11.1. The summed E-state index contributed by atoms with van der Waals surface area (Å²) in [4.78, 5) is 31.6. The molecule has 0 radical (unpaired) electrons. The molecular weight excluding hydrogens is 471 g/mol. The van der Waals surface area contributed by atoms with Gasteiger partial charge in [0.25, 0.3) is 11.7 Å². The summed E-state index contributed by atoms with van der Waals surface area (Å²) in [6.45, 7) is 6.47. The van der Waals surface area contributed by atoms with E-state index in [-0.39, 0.29) is 22.0 Å². The fourth-order valence-corrected chi connectivity index (χ4v) is 4.14. The van der Waals surface area contributed by atoms with E-state index in [0.29, 0.717) is 29.4 Å². The van der Waals surface area contributed by atoms with Gasteiger partial charge in [0.15, 0.2) is 0 Å². The SMILES string of the molecule is Cc1cc(/C(O)=C2\C(=O)C(=O)N(c3ccc(F)c(Cl)c3)C2c2ccncc2)ccc1OCC(C)C. The first-order valence-corrected chi connectivity index (χ1v) is 11.5.